The molecule has 82 valence electrons. The van der Waals surface area contributed by atoms with Crippen LogP contribution in [0.25, 0.3) is 0 Å². The molecule has 1 atom stereocenters. The van der Waals surface area contributed by atoms with E-state index in [0.29, 0.717) is 10.8 Å². The molecule has 6 heteroatoms. The Kier molecular flexibility index (Phi) is 3.71. The Labute approximate surface area is 92.7 Å². The second-order valence-corrected chi connectivity index (χ2v) is 3.64. The maximum atomic E-state index is 5.83. The summed E-state index contributed by atoms with van der Waals surface area (Å²) in [4.78, 5) is 13.0. The smallest absolute Gasteiger partial charge is 0.183 e. The zero-order valence-corrected chi connectivity index (χ0v) is 8.91. The molecule has 1 fully saturated rings. The van der Waals surface area contributed by atoms with Gasteiger partial charge in [-0.1, -0.05) is 11.6 Å². The summed E-state index contributed by atoms with van der Waals surface area (Å²) < 4.78 is 5.37. The van der Waals surface area contributed by atoms with Crippen molar-refractivity contribution in [1.29, 1.82) is 0 Å². The van der Waals surface area contributed by atoms with Crippen molar-refractivity contribution >= 4 is 17.4 Å². The van der Waals surface area contributed by atoms with Gasteiger partial charge in [0.2, 0.25) is 0 Å². The molecule has 1 N–H and O–H groups in total. The molecule has 1 unspecified atom stereocenters. The molecule has 0 radical (unpaired) electrons. The lowest BCUT2D eigenvalue weighted by Crippen LogP contribution is -2.25. The van der Waals surface area contributed by atoms with E-state index in [2.05, 4.69) is 15.4 Å². The van der Waals surface area contributed by atoms with E-state index in [1.807, 2.05) is 0 Å². The monoisotopic (exact) mass is 229 g/mol. The van der Waals surface area contributed by atoms with Crippen LogP contribution < -0.4 is 5.48 Å². The number of hydrogen-bond donors (Lipinski definition) is 1. The molecule has 2 rings (SSSR count). The summed E-state index contributed by atoms with van der Waals surface area (Å²) in [5.74, 6) is 0.459. The third kappa shape index (κ3) is 3.02. The predicted molar refractivity (Wildman–Crippen MR) is 55.3 cm³/mol. The van der Waals surface area contributed by atoms with Gasteiger partial charge in [-0.15, -0.1) is 0 Å². The fraction of sp³-hybridized carbons (Fsp3) is 0.556. The van der Waals surface area contributed by atoms with Crippen molar-refractivity contribution in [3.05, 3.63) is 17.5 Å². The summed E-state index contributed by atoms with van der Waals surface area (Å²) in [5, 5.41) is 0.424. The van der Waals surface area contributed by atoms with Gasteiger partial charge < -0.3 is 4.74 Å². The molecule has 1 aromatic heterocycles. The average Bonchev–Trinajstić information content (AvgIpc) is 2.29. The first-order chi connectivity index (χ1) is 7.36. The van der Waals surface area contributed by atoms with Gasteiger partial charge in [-0.2, -0.15) is 0 Å². The predicted octanol–water partition coefficient (Wildman–Crippen LogP) is 2.00. The maximum Gasteiger partial charge on any atom is 0.183 e. The van der Waals surface area contributed by atoms with E-state index in [1.54, 1.807) is 0 Å². The van der Waals surface area contributed by atoms with Gasteiger partial charge in [0.05, 0.1) is 6.20 Å². The van der Waals surface area contributed by atoms with Crippen molar-refractivity contribution in [3.8, 4) is 0 Å². The normalized spacial score (nSPS) is 21.3. The molecule has 15 heavy (non-hydrogen) atoms. The Morgan fingerprint density at radius 1 is 1.53 bits per heavy atom. The van der Waals surface area contributed by atoms with E-state index in [-0.39, 0.29) is 6.29 Å². The first-order valence-electron chi connectivity index (χ1n) is 4.85. The molecule has 1 aliphatic heterocycles. The van der Waals surface area contributed by atoms with Crippen LogP contribution >= 0.6 is 11.6 Å². The van der Waals surface area contributed by atoms with Crippen LogP contribution in [0.1, 0.15) is 19.3 Å². The number of anilines is 1. The van der Waals surface area contributed by atoms with Crippen LogP contribution in [0.5, 0.6) is 0 Å². The SMILES string of the molecule is Clc1cncnc1NOC1CCCCO1. The molecule has 1 saturated heterocycles. The summed E-state index contributed by atoms with van der Waals surface area (Å²) in [5.41, 5.74) is 2.67. The molecule has 5 nitrogen and oxygen atoms in total. The number of halogens is 1. The van der Waals surface area contributed by atoms with Gasteiger partial charge in [-0.05, 0) is 12.8 Å². The Bertz CT molecular complexity index is 318. The quantitative estimate of drug-likeness (QED) is 0.804. The van der Waals surface area contributed by atoms with Gasteiger partial charge in [-0.3, -0.25) is 0 Å². The average molecular weight is 230 g/mol. The maximum absolute atomic E-state index is 5.83. The van der Waals surface area contributed by atoms with Crippen molar-refractivity contribution in [3.63, 3.8) is 0 Å². The molecule has 0 aromatic carbocycles. The highest BCUT2D eigenvalue weighted by Gasteiger charge is 2.15. The number of rotatable bonds is 3. The largest absolute Gasteiger partial charge is 0.350 e. The lowest BCUT2D eigenvalue weighted by atomic mass is 10.2. The second-order valence-electron chi connectivity index (χ2n) is 3.24. The standard InChI is InChI=1S/C9H12ClN3O2/c10-7-5-11-6-12-9(7)13-15-8-3-1-2-4-14-8/h5-6,8H,1-4H2,(H,11,12,13). The summed E-state index contributed by atoms with van der Waals surface area (Å²) >= 11 is 5.83. The van der Waals surface area contributed by atoms with E-state index >= 15 is 0 Å². The highest BCUT2D eigenvalue weighted by Crippen LogP contribution is 2.18. The van der Waals surface area contributed by atoms with Crippen molar-refractivity contribution in [1.82, 2.24) is 9.97 Å². The second kappa shape index (κ2) is 5.25. The third-order valence-electron chi connectivity index (χ3n) is 2.09. The van der Waals surface area contributed by atoms with Crippen molar-refractivity contribution in [2.45, 2.75) is 25.6 Å². The summed E-state index contributed by atoms with van der Waals surface area (Å²) in [6.07, 6.45) is 5.78. The first kappa shape index (κ1) is 10.6. The van der Waals surface area contributed by atoms with Crippen molar-refractivity contribution in [2.24, 2.45) is 0 Å². The Morgan fingerprint density at radius 3 is 3.20 bits per heavy atom. The van der Waals surface area contributed by atoms with E-state index < -0.39 is 0 Å². The molecule has 0 saturated carbocycles. The van der Waals surface area contributed by atoms with Gasteiger partial charge in [-0.25, -0.2) is 20.3 Å². The fourth-order valence-electron chi connectivity index (χ4n) is 1.31. The van der Waals surface area contributed by atoms with Gasteiger partial charge >= 0.3 is 0 Å². The van der Waals surface area contributed by atoms with Crippen LogP contribution in [0.15, 0.2) is 12.5 Å². The molecule has 0 bridgehead atoms. The van der Waals surface area contributed by atoms with E-state index in [4.69, 9.17) is 21.2 Å². The van der Waals surface area contributed by atoms with Crippen LogP contribution in [0.2, 0.25) is 5.02 Å². The highest BCUT2D eigenvalue weighted by molar-refractivity contribution is 6.32. The number of hydrogen-bond acceptors (Lipinski definition) is 5. The minimum Gasteiger partial charge on any atom is -0.350 e. The van der Waals surface area contributed by atoms with Crippen molar-refractivity contribution < 1.29 is 9.57 Å². The van der Waals surface area contributed by atoms with Crippen LogP contribution in [-0.2, 0) is 9.57 Å². The summed E-state index contributed by atoms with van der Waals surface area (Å²) in [6, 6.07) is 0. The van der Waals surface area contributed by atoms with Gasteiger partial charge in [0.25, 0.3) is 0 Å². The van der Waals surface area contributed by atoms with E-state index in [1.165, 1.54) is 12.5 Å². The zero-order chi connectivity index (χ0) is 10.5. The molecule has 0 amide bonds. The van der Waals surface area contributed by atoms with Gasteiger partial charge in [0.15, 0.2) is 12.1 Å². The van der Waals surface area contributed by atoms with E-state index in [0.717, 1.165) is 25.9 Å². The molecular formula is C9H12ClN3O2. The third-order valence-corrected chi connectivity index (χ3v) is 2.37. The van der Waals surface area contributed by atoms with Crippen LogP contribution in [-0.4, -0.2) is 22.9 Å². The molecule has 0 aliphatic carbocycles. The number of nitrogens with one attached hydrogen (secondary N) is 1. The van der Waals surface area contributed by atoms with Gasteiger partial charge in [0.1, 0.15) is 11.3 Å². The zero-order valence-electron chi connectivity index (χ0n) is 8.15. The van der Waals surface area contributed by atoms with E-state index in [9.17, 15) is 0 Å². The number of ether oxygens (including phenoxy) is 1. The molecule has 1 aromatic rings. The first-order valence-corrected chi connectivity index (χ1v) is 5.23. The topological polar surface area (TPSA) is 56.3 Å². The van der Waals surface area contributed by atoms with Crippen molar-refractivity contribution in [2.75, 3.05) is 12.1 Å². The Morgan fingerprint density at radius 2 is 2.47 bits per heavy atom. The minimum absolute atomic E-state index is 0.218. The lowest BCUT2D eigenvalue weighted by Gasteiger charge is -2.22. The molecule has 2 heterocycles. The Hall–Kier alpha value is -0.910. The fourth-order valence-corrected chi connectivity index (χ4v) is 1.46. The molecular weight excluding hydrogens is 218 g/mol. The highest BCUT2D eigenvalue weighted by atomic mass is 35.5. The van der Waals surface area contributed by atoms with Gasteiger partial charge in [0, 0.05) is 13.0 Å². The summed E-state index contributed by atoms with van der Waals surface area (Å²) in [6.45, 7) is 0.740. The number of aromatic nitrogens is 2. The summed E-state index contributed by atoms with van der Waals surface area (Å²) in [7, 11) is 0. The van der Waals surface area contributed by atoms with Crippen LogP contribution in [0, 0.1) is 0 Å². The minimum atomic E-state index is -0.218. The molecule has 0 spiro atoms. The lowest BCUT2D eigenvalue weighted by molar-refractivity contribution is -0.145. The Balaban J connectivity index is 1.84. The number of nitrogens with zero attached hydrogens (tertiary/aromatic N) is 2. The van der Waals surface area contributed by atoms with Crippen LogP contribution in [0.3, 0.4) is 0 Å². The van der Waals surface area contributed by atoms with Crippen LogP contribution in [0.4, 0.5) is 5.82 Å². The molecule has 1 aliphatic rings.